The van der Waals surface area contributed by atoms with E-state index in [1.165, 1.54) is 5.56 Å². The molecular formula is C18H29ClN2O2. The zero-order valence-electron chi connectivity index (χ0n) is 14.2. The maximum atomic E-state index is 12.2. The van der Waals surface area contributed by atoms with Gasteiger partial charge in [0.2, 0.25) is 5.91 Å². The summed E-state index contributed by atoms with van der Waals surface area (Å²) in [5.41, 5.74) is 1.19. The molecule has 0 spiro atoms. The Morgan fingerprint density at radius 3 is 2.74 bits per heavy atom. The number of aryl methyl sites for hydroxylation is 1. The van der Waals surface area contributed by atoms with Crippen LogP contribution >= 0.6 is 12.4 Å². The molecule has 1 aliphatic rings. The fourth-order valence-corrected chi connectivity index (χ4v) is 2.95. The number of hydrogen-bond acceptors (Lipinski definition) is 3. The Bertz CT molecular complexity index is 474. The fraction of sp³-hybridized carbons (Fsp3) is 0.611. The molecule has 130 valence electrons. The minimum absolute atomic E-state index is 0. The summed E-state index contributed by atoms with van der Waals surface area (Å²) in [4.78, 5) is 14.2. The van der Waals surface area contributed by atoms with Crippen LogP contribution in [0, 0.1) is 12.8 Å². The summed E-state index contributed by atoms with van der Waals surface area (Å²) in [5, 5.41) is 3.22. The molecule has 0 atom stereocenters. The van der Waals surface area contributed by atoms with Crippen molar-refractivity contribution in [2.45, 2.75) is 32.6 Å². The van der Waals surface area contributed by atoms with Gasteiger partial charge in [-0.15, -0.1) is 12.4 Å². The van der Waals surface area contributed by atoms with Gasteiger partial charge in [-0.3, -0.25) is 4.79 Å². The lowest BCUT2D eigenvalue weighted by molar-refractivity contribution is -0.132. The number of hydrogen-bond donors (Lipinski definition) is 1. The summed E-state index contributed by atoms with van der Waals surface area (Å²) in [6, 6.07) is 8.02. The van der Waals surface area contributed by atoms with Crippen LogP contribution in [0.2, 0.25) is 0 Å². The minimum Gasteiger partial charge on any atom is -0.494 e. The molecule has 2 rings (SSSR count). The molecule has 1 aliphatic heterocycles. The van der Waals surface area contributed by atoms with E-state index in [9.17, 15) is 4.79 Å². The number of rotatable bonds is 7. The molecule has 0 aromatic heterocycles. The van der Waals surface area contributed by atoms with Crippen LogP contribution in [-0.2, 0) is 4.79 Å². The van der Waals surface area contributed by atoms with Crippen molar-refractivity contribution < 1.29 is 9.53 Å². The number of amides is 1. The SMILES string of the molecule is CNCC1CCN(C(=O)CCCOc2cccc(C)c2)CC1.Cl. The molecule has 1 aromatic carbocycles. The first kappa shape index (κ1) is 19.8. The third kappa shape index (κ3) is 6.80. The Balaban J connectivity index is 0.00000264. The van der Waals surface area contributed by atoms with Gasteiger partial charge in [0.25, 0.3) is 0 Å². The van der Waals surface area contributed by atoms with Crippen molar-refractivity contribution in [3.63, 3.8) is 0 Å². The minimum atomic E-state index is 0. The number of likely N-dealkylation sites (tertiary alicyclic amines) is 1. The van der Waals surface area contributed by atoms with E-state index in [0.717, 1.165) is 50.6 Å². The maximum absolute atomic E-state index is 12.2. The van der Waals surface area contributed by atoms with Crippen molar-refractivity contribution in [3.05, 3.63) is 29.8 Å². The van der Waals surface area contributed by atoms with Crippen LogP contribution in [0.25, 0.3) is 0 Å². The zero-order chi connectivity index (χ0) is 15.8. The van der Waals surface area contributed by atoms with Gasteiger partial charge in [0.1, 0.15) is 5.75 Å². The van der Waals surface area contributed by atoms with Gasteiger partial charge in [-0.2, -0.15) is 0 Å². The van der Waals surface area contributed by atoms with Crippen molar-refractivity contribution in [2.75, 3.05) is 33.3 Å². The number of nitrogens with zero attached hydrogens (tertiary/aromatic N) is 1. The molecule has 1 N–H and O–H groups in total. The summed E-state index contributed by atoms with van der Waals surface area (Å²) >= 11 is 0. The topological polar surface area (TPSA) is 41.6 Å². The number of carbonyl (C=O) groups is 1. The van der Waals surface area contributed by atoms with Crippen LogP contribution in [0.15, 0.2) is 24.3 Å². The maximum Gasteiger partial charge on any atom is 0.222 e. The molecular weight excluding hydrogens is 312 g/mol. The van der Waals surface area contributed by atoms with Crippen LogP contribution in [0.4, 0.5) is 0 Å². The summed E-state index contributed by atoms with van der Waals surface area (Å²) < 4.78 is 5.69. The number of nitrogens with one attached hydrogen (secondary N) is 1. The van der Waals surface area contributed by atoms with Gasteiger partial charge in [-0.25, -0.2) is 0 Å². The lowest BCUT2D eigenvalue weighted by Gasteiger charge is -2.32. The Kier molecular flexibility index (Phi) is 9.03. The number of benzene rings is 1. The predicted molar refractivity (Wildman–Crippen MR) is 96.4 cm³/mol. The van der Waals surface area contributed by atoms with Gasteiger partial charge in [0, 0.05) is 19.5 Å². The average molecular weight is 341 g/mol. The van der Waals surface area contributed by atoms with E-state index >= 15 is 0 Å². The monoisotopic (exact) mass is 340 g/mol. The highest BCUT2D eigenvalue weighted by Crippen LogP contribution is 2.17. The predicted octanol–water partition coefficient (Wildman–Crippen LogP) is 3.03. The molecule has 1 amide bonds. The van der Waals surface area contributed by atoms with E-state index in [1.807, 2.05) is 43.1 Å². The summed E-state index contributed by atoms with van der Waals surface area (Å²) in [7, 11) is 1.99. The van der Waals surface area contributed by atoms with E-state index in [-0.39, 0.29) is 18.3 Å². The van der Waals surface area contributed by atoms with Gasteiger partial charge in [-0.05, 0) is 63.4 Å². The number of halogens is 1. The second-order valence-electron chi connectivity index (χ2n) is 6.15. The Labute approximate surface area is 146 Å². The highest BCUT2D eigenvalue weighted by molar-refractivity contribution is 5.85. The van der Waals surface area contributed by atoms with Crippen LogP contribution in [0.5, 0.6) is 5.75 Å². The second-order valence-corrected chi connectivity index (χ2v) is 6.15. The second kappa shape index (κ2) is 10.5. The summed E-state index contributed by atoms with van der Waals surface area (Å²) in [6.45, 7) is 5.53. The fourth-order valence-electron chi connectivity index (χ4n) is 2.95. The lowest BCUT2D eigenvalue weighted by atomic mass is 9.96. The molecule has 5 heteroatoms. The largest absolute Gasteiger partial charge is 0.494 e. The molecule has 1 heterocycles. The van der Waals surface area contributed by atoms with Crippen molar-refractivity contribution in [3.8, 4) is 5.75 Å². The van der Waals surface area contributed by atoms with Gasteiger partial charge >= 0.3 is 0 Å². The van der Waals surface area contributed by atoms with Crippen molar-refractivity contribution in [1.29, 1.82) is 0 Å². The molecule has 1 aromatic rings. The third-order valence-corrected chi connectivity index (χ3v) is 4.25. The molecule has 0 unspecified atom stereocenters. The van der Waals surface area contributed by atoms with Gasteiger partial charge in [0.05, 0.1) is 6.61 Å². The molecule has 23 heavy (non-hydrogen) atoms. The molecule has 0 aliphatic carbocycles. The van der Waals surface area contributed by atoms with Gasteiger partial charge < -0.3 is 15.0 Å². The number of piperidine rings is 1. The molecule has 4 nitrogen and oxygen atoms in total. The highest BCUT2D eigenvalue weighted by atomic mass is 35.5. The Morgan fingerprint density at radius 2 is 2.09 bits per heavy atom. The standard InChI is InChI=1S/C18H28N2O2.ClH/c1-15-5-3-6-17(13-15)22-12-4-7-18(21)20-10-8-16(9-11-20)14-19-2;/h3,5-6,13,16,19H,4,7-12,14H2,1-2H3;1H. The smallest absolute Gasteiger partial charge is 0.222 e. The number of carbonyl (C=O) groups excluding carboxylic acids is 1. The molecule has 0 radical (unpaired) electrons. The van der Waals surface area contributed by atoms with Crippen LogP contribution in [0.1, 0.15) is 31.2 Å². The Morgan fingerprint density at radius 1 is 1.35 bits per heavy atom. The normalized spacial score (nSPS) is 15.1. The molecule has 1 fully saturated rings. The van der Waals surface area contributed by atoms with Crippen molar-refractivity contribution >= 4 is 18.3 Å². The van der Waals surface area contributed by atoms with Crippen LogP contribution < -0.4 is 10.1 Å². The van der Waals surface area contributed by atoms with Crippen LogP contribution in [0.3, 0.4) is 0 Å². The van der Waals surface area contributed by atoms with Gasteiger partial charge in [0.15, 0.2) is 0 Å². The van der Waals surface area contributed by atoms with Crippen LogP contribution in [-0.4, -0.2) is 44.1 Å². The molecule has 0 bridgehead atoms. The van der Waals surface area contributed by atoms with E-state index in [1.54, 1.807) is 0 Å². The van der Waals surface area contributed by atoms with E-state index < -0.39 is 0 Å². The van der Waals surface area contributed by atoms with Crippen molar-refractivity contribution in [1.82, 2.24) is 10.2 Å². The zero-order valence-corrected chi connectivity index (χ0v) is 15.0. The number of ether oxygens (including phenoxy) is 1. The molecule has 1 saturated heterocycles. The highest BCUT2D eigenvalue weighted by Gasteiger charge is 2.21. The molecule has 0 saturated carbocycles. The average Bonchev–Trinajstić information content (AvgIpc) is 2.52. The van der Waals surface area contributed by atoms with Crippen molar-refractivity contribution in [2.24, 2.45) is 5.92 Å². The Hall–Kier alpha value is -1.26. The lowest BCUT2D eigenvalue weighted by Crippen LogP contribution is -2.40. The first-order chi connectivity index (χ1) is 10.7. The summed E-state index contributed by atoms with van der Waals surface area (Å²) in [6.07, 6.45) is 3.60. The first-order valence-electron chi connectivity index (χ1n) is 8.31. The quantitative estimate of drug-likeness (QED) is 0.776. The van der Waals surface area contributed by atoms with E-state index in [4.69, 9.17) is 4.74 Å². The third-order valence-electron chi connectivity index (χ3n) is 4.25. The van der Waals surface area contributed by atoms with Gasteiger partial charge in [-0.1, -0.05) is 12.1 Å². The summed E-state index contributed by atoms with van der Waals surface area (Å²) in [5.74, 6) is 1.88. The first-order valence-corrected chi connectivity index (χ1v) is 8.31. The van der Waals surface area contributed by atoms with E-state index in [0.29, 0.717) is 13.0 Å². The van der Waals surface area contributed by atoms with E-state index in [2.05, 4.69) is 5.32 Å².